The van der Waals surface area contributed by atoms with E-state index in [9.17, 15) is 9.59 Å². The van der Waals surface area contributed by atoms with Gasteiger partial charge in [-0.3, -0.25) is 9.59 Å². The summed E-state index contributed by atoms with van der Waals surface area (Å²) in [7, 11) is 1.61. The minimum atomic E-state index is -0.448. The average molecular weight is 306 g/mol. The second kappa shape index (κ2) is 7.26. The molecule has 22 heavy (non-hydrogen) atoms. The fraction of sp³-hybridized carbons (Fsp3) is 0.500. The Kier molecular flexibility index (Phi) is 5.38. The van der Waals surface area contributed by atoms with Gasteiger partial charge in [0.1, 0.15) is 5.75 Å². The zero-order valence-electron chi connectivity index (χ0n) is 13.0. The molecular weight excluding hydrogens is 284 g/mol. The molecule has 6 nitrogen and oxygen atoms in total. The van der Waals surface area contributed by atoms with E-state index in [1.807, 2.05) is 31.2 Å². The molecule has 1 saturated heterocycles. The van der Waals surface area contributed by atoms with E-state index >= 15 is 0 Å². The SMILES string of the molecule is CCC1(C(=O)NCC(=O)NCc2ccc(OC)cc2)COC1. The van der Waals surface area contributed by atoms with E-state index in [1.165, 1.54) is 0 Å². The third-order valence-electron chi connectivity index (χ3n) is 3.97. The first-order chi connectivity index (χ1) is 10.6. The van der Waals surface area contributed by atoms with Crippen molar-refractivity contribution < 1.29 is 19.1 Å². The maximum Gasteiger partial charge on any atom is 0.239 e. The molecule has 1 aromatic rings. The van der Waals surface area contributed by atoms with Gasteiger partial charge in [-0.2, -0.15) is 0 Å². The van der Waals surface area contributed by atoms with Gasteiger partial charge in [0.25, 0.3) is 0 Å². The molecule has 1 aliphatic rings. The zero-order chi connectivity index (χ0) is 16.0. The fourth-order valence-electron chi connectivity index (χ4n) is 2.20. The minimum Gasteiger partial charge on any atom is -0.497 e. The summed E-state index contributed by atoms with van der Waals surface area (Å²) < 4.78 is 10.2. The van der Waals surface area contributed by atoms with Crippen LogP contribution in [0, 0.1) is 5.41 Å². The number of rotatable bonds is 7. The summed E-state index contributed by atoms with van der Waals surface area (Å²) in [5.41, 5.74) is 0.522. The van der Waals surface area contributed by atoms with Gasteiger partial charge >= 0.3 is 0 Å². The number of benzene rings is 1. The highest BCUT2D eigenvalue weighted by Gasteiger charge is 2.44. The third-order valence-corrected chi connectivity index (χ3v) is 3.97. The maximum atomic E-state index is 12.0. The molecule has 2 rings (SSSR count). The predicted molar refractivity (Wildman–Crippen MR) is 81.4 cm³/mol. The topological polar surface area (TPSA) is 76.7 Å². The lowest BCUT2D eigenvalue weighted by Crippen LogP contribution is -2.55. The predicted octanol–water partition coefficient (Wildman–Crippen LogP) is 0.854. The quantitative estimate of drug-likeness (QED) is 0.783. The lowest BCUT2D eigenvalue weighted by atomic mass is 9.82. The number of amides is 2. The number of hydrogen-bond donors (Lipinski definition) is 2. The molecule has 1 aliphatic heterocycles. The first kappa shape index (κ1) is 16.3. The van der Waals surface area contributed by atoms with Gasteiger partial charge in [-0.25, -0.2) is 0 Å². The van der Waals surface area contributed by atoms with Crippen molar-refractivity contribution in [1.29, 1.82) is 0 Å². The molecule has 1 heterocycles. The van der Waals surface area contributed by atoms with E-state index in [-0.39, 0.29) is 18.4 Å². The van der Waals surface area contributed by atoms with Crippen LogP contribution in [0.25, 0.3) is 0 Å². The number of methoxy groups -OCH3 is 1. The van der Waals surface area contributed by atoms with Gasteiger partial charge in [-0.1, -0.05) is 19.1 Å². The van der Waals surface area contributed by atoms with Gasteiger partial charge in [0, 0.05) is 6.54 Å². The first-order valence-electron chi connectivity index (χ1n) is 7.35. The van der Waals surface area contributed by atoms with Crippen molar-refractivity contribution >= 4 is 11.8 Å². The Morgan fingerprint density at radius 2 is 1.91 bits per heavy atom. The van der Waals surface area contributed by atoms with Crippen LogP contribution in [0.1, 0.15) is 18.9 Å². The van der Waals surface area contributed by atoms with Crippen LogP contribution in [0.4, 0.5) is 0 Å². The van der Waals surface area contributed by atoms with Crippen LogP contribution >= 0.6 is 0 Å². The van der Waals surface area contributed by atoms with Crippen molar-refractivity contribution in [2.75, 3.05) is 26.9 Å². The second-order valence-corrected chi connectivity index (χ2v) is 5.43. The Labute approximate surface area is 130 Å². The van der Waals surface area contributed by atoms with Gasteiger partial charge in [-0.05, 0) is 24.1 Å². The average Bonchev–Trinajstić information content (AvgIpc) is 2.51. The van der Waals surface area contributed by atoms with Gasteiger partial charge in [0.15, 0.2) is 0 Å². The Morgan fingerprint density at radius 3 is 2.41 bits per heavy atom. The standard InChI is InChI=1S/C16H22N2O4/c1-3-16(10-22-11-16)15(20)18-9-14(19)17-8-12-4-6-13(21-2)7-5-12/h4-7H,3,8-11H2,1-2H3,(H,17,19)(H,18,20). The normalized spacial score (nSPS) is 15.5. The van der Waals surface area contributed by atoms with E-state index < -0.39 is 5.41 Å². The maximum absolute atomic E-state index is 12.0. The second-order valence-electron chi connectivity index (χ2n) is 5.43. The Hall–Kier alpha value is -2.08. The summed E-state index contributed by atoms with van der Waals surface area (Å²) in [6.07, 6.45) is 0.715. The van der Waals surface area contributed by atoms with Crippen LogP contribution in [0.2, 0.25) is 0 Å². The van der Waals surface area contributed by atoms with Gasteiger partial charge in [0.05, 0.1) is 32.3 Å². The molecule has 0 aromatic heterocycles. The smallest absolute Gasteiger partial charge is 0.239 e. The molecule has 0 atom stereocenters. The van der Waals surface area contributed by atoms with Crippen molar-refractivity contribution in [2.24, 2.45) is 5.41 Å². The Balaban J connectivity index is 1.72. The van der Waals surface area contributed by atoms with Crippen molar-refractivity contribution in [1.82, 2.24) is 10.6 Å². The molecule has 120 valence electrons. The molecule has 1 fully saturated rings. The number of nitrogens with one attached hydrogen (secondary N) is 2. The van der Waals surface area contributed by atoms with E-state index in [0.29, 0.717) is 26.2 Å². The lowest BCUT2D eigenvalue weighted by Gasteiger charge is -2.38. The van der Waals surface area contributed by atoms with Crippen molar-refractivity contribution in [3.8, 4) is 5.75 Å². The van der Waals surface area contributed by atoms with E-state index in [1.54, 1.807) is 7.11 Å². The van der Waals surface area contributed by atoms with Crippen molar-refractivity contribution in [2.45, 2.75) is 19.9 Å². The van der Waals surface area contributed by atoms with Crippen LogP contribution in [0.3, 0.4) is 0 Å². The highest BCUT2D eigenvalue weighted by atomic mass is 16.5. The summed E-state index contributed by atoms with van der Waals surface area (Å²) in [5.74, 6) is 0.450. The molecule has 2 amide bonds. The van der Waals surface area contributed by atoms with Gasteiger partial charge in [0.2, 0.25) is 11.8 Å². The summed E-state index contributed by atoms with van der Waals surface area (Å²) in [5, 5.41) is 5.45. The van der Waals surface area contributed by atoms with Gasteiger partial charge in [-0.15, -0.1) is 0 Å². The van der Waals surface area contributed by atoms with Crippen LogP contribution in [0.5, 0.6) is 5.75 Å². The number of ether oxygens (including phenoxy) is 2. The Bertz CT molecular complexity index is 518. The highest BCUT2D eigenvalue weighted by Crippen LogP contribution is 2.31. The summed E-state index contributed by atoms with van der Waals surface area (Å²) in [6, 6.07) is 7.45. The third kappa shape index (κ3) is 3.76. The summed E-state index contributed by atoms with van der Waals surface area (Å²) in [6.45, 7) is 3.22. The van der Waals surface area contributed by atoms with E-state index in [2.05, 4.69) is 10.6 Å². The van der Waals surface area contributed by atoms with Crippen molar-refractivity contribution in [3.05, 3.63) is 29.8 Å². The molecule has 0 bridgehead atoms. The molecule has 0 aliphatic carbocycles. The molecule has 0 radical (unpaired) electrons. The van der Waals surface area contributed by atoms with E-state index in [0.717, 1.165) is 11.3 Å². The fourth-order valence-corrected chi connectivity index (χ4v) is 2.20. The lowest BCUT2D eigenvalue weighted by molar-refractivity contribution is -0.162. The zero-order valence-corrected chi connectivity index (χ0v) is 13.0. The number of carbonyl (C=O) groups excluding carboxylic acids is 2. The minimum absolute atomic E-state index is 0.0171. The van der Waals surface area contributed by atoms with Crippen LogP contribution < -0.4 is 15.4 Å². The first-order valence-corrected chi connectivity index (χ1v) is 7.35. The molecule has 0 saturated carbocycles. The van der Waals surface area contributed by atoms with Gasteiger partial charge < -0.3 is 20.1 Å². The van der Waals surface area contributed by atoms with E-state index in [4.69, 9.17) is 9.47 Å². The monoisotopic (exact) mass is 306 g/mol. The van der Waals surface area contributed by atoms with Crippen molar-refractivity contribution in [3.63, 3.8) is 0 Å². The largest absolute Gasteiger partial charge is 0.497 e. The number of hydrogen-bond acceptors (Lipinski definition) is 4. The summed E-state index contributed by atoms with van der Waals surface area (Å²) in [4.78, 5) is 23.8. The molecular formula is C16H22N2O4. The molecule has 6 heteroatoms. The summed E-state index contributed by atoms with van der Waals surface area (Å²) >= 11 is 0. The highest BCUT2D eigenvalue weighted by molar-refractivity contribution is 5.88. The number of carbonyl (C=O) groups is 2. The Morgan fingerprint density at radius 1 is 1.23 bits per heavy atom. The van der Waals surface area contributed by atoms with Crippen LogP contribution in [0.15, 0.2) is 24.3 Å². The van der Waals surface area contributed by atoms with Crippen LogP contribution in [-0.2, 0) is 20.9 Å². The molecule has 0 spiro atoms. The molecule has 1 aromatic carbocycles. The molecule has 2 N–H and O–H groups in total. The van der Waals surface area contributed by atoms with Crippen LogP contribution in [-0.4, -0.2) is 38.7 Å². The molecule has 0 unspecified atom stereocenters.